The van der Waals surface area contributed by atoms with Crippen molar-refractivity contribution in [2.75, 3.05) is 19.6 Å². The van der Waals surface area contributed by atoms with Crippen LogP contribution < -0.4 is 10.6 Å². The van der Waals surface area contributed by atoms with Gasteiger partial charge in [-0.3, -0.25) is 9.58 Å². The molecule has 2 aromatic rings. The first-order chi connectivity index (χ1) is 14.0. The molecule has 0 aliphatic carbocycles. The SMILES string of the molecule is CCNC(=NCc1ccccc1CN1CC(C)CC(C)C1)NCc1ncnn1C.I. The number of rotatable bonds is 7. The van der Waals surface area contributed by atoms with E-state index in [1.807, 2.05) is 7.05 Å². The number of hydrogen-bond donors (Lipinski definition) is 2. The van der Waals surface area contributed by atoms with Gasteiger partial charge in [-0.2, -0.15) is 5.10 Å². The zero-order valence-electron chi connectivity index (χ0n) is 18.6. The molecular weight excluding hydrogens is 489 g/mol. The van der Waals surface area contributed by atoms with Gasteiger partial charge in [0.25, 0.3) is 0 Å². The Morgan fingerprint density at radius 2 is 1.83 bits per heavy atom. The van der Waals surface area contributed by atoms with Crippen molar-refractivity contribution in [3.8, 4) is 0 Å². The van der Waals surface area contributed by atoms with Gasteiger partial charge in [0.05, 0.1) is 13.1 Å². The van der Waals surface area contributed by atoms with Gasteiger partial charge in [0.2, 0.25) is 0 Å². The molecule has 0 saturated carbocycles. The lowest BCUT2D eigenvalue weighted by Crippen LogP contribution is -2.38. The highest BCUT2D eigenvalue weighted by atomic mass is 127. The maximum Gasteiger partial charge on any atom is 0.191 e. The maximum absolute atomic E-state index is 4.81. The van der Waals surface area contributed by atoms with Gasteiger partial charge in [-0.15, -0.1) is 24.0 Å². The van der Waals surface area contributed by atoms with Crippen LogP contribution >= 0.6 is 24.0 Å². The lowest BCUT2D eigenvalue weighted by Gasteiger charge is -2.35. The van der Waals surface area contributed by atoms with Crippen LogP contribution in [0.5, 0.6) is 0 Å². The second kappa shape index (κ2) is 12.2. The number of benzene rings is 1. The van der Waals surface area contributed by atoms with Crippen LogP contribution in [0.4, 0.5) is 0 Å². The molecule has 2 atom stereocenters. The van der Waals surface area contributed by atoms with Crippen molar-refractivity contribution in [1.29, 1.82) is 0 Å². The first-order valence-corrected chi connectivity index (χ1v) is 10.7. The lowest BCUT2D eigenvalue weighted by atomic mass is 9.91. The zero-order chi connectivity index (χ0) is 20.6. The Morgan fingerprint density at radius 3 is 2.47 bits per heavy atom. The second-order valence-corrected chi connectivity index (χ2v) is 8.26. The Kier molecular flexibility index (Phi) is 10.0. The van der Waals surface area contributed by atoms with E-state index in [1.165, 1.54) is 30.6 Å². The number of nitrogens with zero attached hydrogens (tertiary/aromatic N) is 5. The van der Waals surface area contributed by atoms with E-state index in [2.05, 4.69) is 70.7 Å². The summed E-state index contributed by atoms with van der Waals surface area (Å²) in [5, 5.41) is 10.8. The molecule has 1 aromatic carbocycles. The van der Waals surface area contributed by atoms with E-state index >= 15 is 0 Å². The number of aliphatic imine (C=N–C) groups is 1. The Hall–Kier alpha value is -1.68. The van der Waals surface area contributed by atoms with Crippen molar-refractivity contribution in [2.24, 2.45) is 23.9 Å². The number of aryl methyl sites for hydroxylation is 1. The van der Waals surface area contributed by atoms with Crippen molar-refractivity contribution in [2.45, 2.75) is 46.8 Å². The summed E-state index contributed by atoms with van der Waals surface area (Å²) in [4.78, 5) is 11.7. The van der Waals surface area contributed by atoms with Crippen LogP contribution in [0.25, 0.3) is 0 Å². The quantitative estimate of drug-likeness (QED) is 0.330. The number of guanidine groups is 1. The van der Waals surface area contributed by atoms with Crippen molar-refractivity contribution in [3.05, 3.63) is 47.5 Å². The van der Waals surface area contributed by atoms with Gasteiger partial charge in [0.15, 0.2) is 5.96 Å². The Bertz CT molecular complexity index is 794. The summed E-state index contributed by atoms with van der Waals surface area (Å²) >= 11 is 0. The van der Waals surface area contributed by atoms with Crippen molar-refractivity contribution in [3.63, 3.8) is 0 Å². The van der Waals surface area contributed by atoms with Crippen LogP contribution in [0, 0.1) is 11.8 Å². The third kappa shape index (κ3) is 7.23. The van der Waals surface area contributed by atoms with Gasteiger partial charge in [0, 0.05) is 33.2 Å². The lowest BCUT2D eigenvalue weighted by molar-refractivity contribution is 0.134. The minimum Gasteiger partial charge on any atom is -0.357 e. The molecule has 0 amide bonds. The zero-order valence-corrected chi connectivity index (χ0v) is 21.0. The normalized spacial score (nSPS) is 19.9. The van der Waals surface area contributed by atoms with Gasteiger partial charge in [0.1, 0.15) is 12.2 Å². The Morgan fingerprint density at radius 1 is 1.13 bits per heavy atom. The maximum atomic E-state index is 4.81. The van der Waals surface area contributed by atoms with E-state index in [0.717, 1.165) is 36.7 Å². The first-order valence-electron chi connectivity index (χ1n) is 10.7. The fraction of sp³-hybridized carbons (Fsp3) is 0.591. The summed E-state index contributed by atoms with van der Waals surface area (Å²) in [6.45, 7) is 12.2. The Balaban J connectivity index is 0.00000320. The molecule has 1 aliphatic heterocycles. The smallest absolute Gasteiger partial charge is 0.191 e. The third-order valence-corrected chi connectivity index (χ3v) is 5.43. The van der Waals surface area contributed by atoms with Gasteiger partial charge in [-0.1, -0.05) is 38.1 Å². The fourth-order valence-corrected chi connectivity index (χ4v) is 4.18. The van der Waals surface area contributed by atoms with Crippen LogP contribution in [-0.2, 0) is 26.7 Å². The number of likely N-dealkylation sites (tertiary alicyclic amines) is 1. The summed E-state index contributed by atoms with van der Waals surface area (Å²) < 4.78 is 1.77. The Labute approximate surface area is 197 Å². The predicted octanol–water partition coefficient (Wildman–Crippen LogP) is 3.17. The first kappa shape index (κ1) is 24.6. The molecule has 2 unspecified atom stereocenters. The summed E-state index contributed by atoms with van der Waals surface area (Å²) in [7, 11) is 1.90. The molecule has 1 aliphatic rings. The molecule has 2 N–H and O–H groups in total. The molecule has 0 bridgehead atoms. The molecule has 1 fully saturated rings. The van der Waals surface area contributed by atoms with E-state index in [4.69, 9.17) is 4.99 Å². The summed E-state index contributed by atoms with van der Waals surface area (Å²) in [6.07, 6.45) is 2.91. The minimum atomic E-state index is 0. The second-order valence-electron chi connectivity index (χ2n) is 8.26. The van der Waals surface area contributed by atoms with Gasteiger partial charge < -0.3 is 10.6 Å². The summed E-state index contributed by atoms with van der Waals surface area (Å²) in [5.74, 6) is 3.22. The van der Waals surface area contributed by atoms with Gasteiger partial charge >= 0.3 is 0 Å². The van der Waals surface area contributed by atoms with Crippen LogP contribution in [0.3, 0.4) is 0 Å². The van der Waals surface area contributed by atoms with E-state index in [-0.39, 0.29) is 24.0 Å². The molecule has 166 valence electrons. The molecule has 1 saturated heterocycles. The minimum absolute atomic E-state index is 0. The molecule has 3 rings (SSSR count). The topological polar surface area (TPSA) is 70.4 Å². The fourth-order valence-electron chi connectivity index (χ4n) is 4.18. The molecule has 1 aromatic heterocycles. The third-order valence-electron chi connectivity index (χ3n) is 5.43. The molecular formula is C22H36IN7. The largest absolute Gasteiger partial charge is 0.357 e. The number of piperidine rings is 1. The number of aromatic nitrogens is 3. The highest BCUT2D eigenvalue weighted by molar-refractivity contribution is 14.0. The van der Waals surface area contributed by atoms with Gasteiger partial charge in [-0.25, -0.2) is 9.98 Å². The summed E-state index contributed by atoms with van der Waals surface area (Å²) in [6, 6.07) is 8.68. The standard InChI is InChI=1S/C22H35N7.HI/c1-5-23-22(25-12-21-26-16-27-28(21)4)24-11-19-8-6-7-9-20(19)15-29-13-17(2)10-18(3)14-29;/h6-9,16-18H,5,10-15H2,1-4H3,(H2,23,24,25);1H. The number of nitrogens with one attached hydrogen (secondary N) is 2. The average molecular weight is 525 g/mol. The highest BCUT2D eigenvalue weighted by Crippen LogP contribution is 2.23. The van der Waals surface area contributed by atoms with Crippen LogP contribution in [0.15, 0.2) is 35.6 Å². The number of hydrogen-bond acceptors (Lipinski definition) is 4. The highest BCUT2D eigenvalue weighted by Gasteiger charge is 2.22. The molecule has 2 heterocycles. The van der Waals surface area contributed by atoms with Crippen molar-refractivity contribution < 1.29 is 0 Å². The van der Waals surface area contributed by atoms with Crippen LogP contribution in [0.1, 0.15) is 44.1 Å². The van der Waals surface area contributed by atoms with Crippen LogP contribution in [0.2, 0.25) is 0 Å². The molecule has 30 heavy (non-hydrogen) atoms. The van der Waals surface area contributed by atoms with E-state index < -0.39 is 0 Å². The van der Waals surface area contributed by atoms with E-state index in [9.17, 15) is 0 Å². The summed E-state index contributed by atoms with van der Waals surface area (Å²) in [5.41, 5.74) is 2.66. The molecule has 7 nitrogen and oxygen atoms in total. The molecule has 0 radical (unpaired) electrons. The molecule has 0 spiro atoms. The van der Waals surface area contributed by atoms with E-state index in [1.54, 1.807) is 11.0 Å². The van der Waals surface area contributed by atoms with E-state index in [0.29, 0.717) is 13.1 Å². The van der Waals surface area contributed by atoms with Crippen LogP contribution in [-0.4, -0.2) is 45.3 Å². The van der Waals surface area contributed by atoms with Gasteiger partial charge in [-0.05, 0) is 36.3 Å². The number of halogens is 1. The van der Waals surface area contributed by atoms with Crippen molar-refractivity contribution in [1.82, 2.24) is 30.3 Å². The molecule has 8 heteroatoms. The van der Waals surface area contributed by atoms with Crippen molar-refractivity contribution >= 4 is 29.9 Å². The average Bonchev–Trinajstić information content (AvgIpc) is 3.09. The monoisotopic (exact) mass is 525 g/mol. The predicted molar refractivity (Wildman–Crippen MR) is 133 cm³/mol.